The Kier molecular flexibility index (Phi) is 8.74. The Hall–Kier alpha value is -9.00. The van der Waals surface area contributed by atoms with Crippen molar-refractivity contribution < 1.29 is 9.30 Å². The average Bonchev–Trinajstić information content (AvgIpc) is 4.07. The predicted molar refractivity (Wildman–Crippen MR) is 285 cm³/mol. The van der Waals surface area contributed by atoms with E-state index in [0.717, 1.165) is 89.5 Å². The van der Waals surface area contributed by atoms with Crippen molar-refractivity contribution in [2.75, 3.05) is 0 Å². The second-order valence-corrected chi connectivity index (χ2v) is 19.4. The molecule has 4 aromatic heterocycles. The van der Waals surface area contributed by atoms with Gasteiger partial charge in [0.1, 0.15) is 23.1 Å². The number of aromatic nitrogens is 5. The summed E-state index contributed by atoms with van der Waals surface area (Å²) in [7, 11) is 0. The lowest BCUT2D eigenvalue weighted by atomic mass is 9.87. The number of ether oxygens (including phenoxy) is 1. The molecule has 0 radical (unpaired) electrons. The van der Waals surface area contributed by atoms with E-state index in [9.17, 15) is 0 Å². The SMILES string of the molecule is CC(C)(C)c1cc(-n2c3ccccc3c3ccccc32)nc(-n2c3ccccc3c3ccc(Oc4cccc(-n5[c-][n+]6c7c(cccc75)-c5ccccc5-c5ccccc5-c5ccccc5-6)c4)cc32)c1. The third-order valence-electron chi connectivity index (χ3n) is 14.2. The summed E-state index contributed by atoms with van der Waals surface area (Å²) in [5.41, 5.74) is 16.6. The third kappa shape index (κ3) is 6.13. The van der Waals surface area contributed by atoms with Gasteiger partial charge in [0.05, 0.1) is 44.5 Å². The summed E-state index contributed by atoms with van der Waals surface area (Å²) < 4.78 is 15.9. The highest BCUT2D eigenvalue weighted by Gasteiger charge is 2.25. The monoisotopic (exact) mass is 899 g/mol. The van der Waals surface area contributed by atoms with Crippen LogP contribution in [0.1, 0.15) is 26.3 Å². The number of imidazole rings is 1. The summed E-state index contributed by atoms with van der Waals surface area (Å²) >= 11 is 0. The van der Waals surface area contributed by atoms with Crippen molar-refractivity contribution in [3.05, 3.63) is 230 Å². The smallest absolute Gasteiger partial charge is 0.269 e. The highest BCUT2D eigenvalue weighted by atomic mass is 16.5. The topological polar surface area (TPSA) is 40.8 Å². The van der Waals surface area contributed by atoms with E-state index in [1.807, 2.05) is 6.07 Å². The summed E-state index contributed by atoms with van der Waals surface area (Å²) in [6, 6.07) is 77.9. The van der Waals surface area contributed by atoms with E-state index in [0.29, 0.717) is 0 Å². The van der Waals surface area contributed by atoms with Crippen LogP contribution in [0.3, 0.4) is 0 Å². The van der Waals surface area contributed by atoms with E-state index in [4.69, 9.17) is 9.72 Å². The normalized spacial score (nSPS) is 12.2. The van der Waals surface area contributed by atoms with Crippen LogP contribution in [0.2, 0.25) is 0 Å². The molecule has 0 aliphatic carbocycles. The fourth-order valence-corrected chi connectivity index (χ4v) is 11.0. The molecule has 5 heterocycles. The lowest BCUT2D eigenvalue weighted by Gasteiger charge is -2.22. The molecular formula is C64H45N5O. The molecule has 332 valence electrons. The van der Waals surface area contributed by atoms with Crippen LogP contribution in [-0.4, -0.2) is 18.7 Å². The van der Waals surface area contributed by atoms with Crippen LogP contribution in [0, 0.1) is 6.33 Å². The van der Waals surface area contributed by atoms with Gasteiger partial charge in [0, 0.05) is 27.6 Å². The standard InChI is InChI=1S/C64H45N5O/c1-64(2,3)41-36-61(68-56-30-13-9-25-50(56)51-26-10-14-31-57(51)68)65-62(37-41)69-58-32-15-11-27-52(58)53-35-34-44(39-60(53)69)70-43-19-16-18-42(38-43)66-40-67-55-29-12-8-24-49(55)47-22-6-4-20-45(47)46-21-5-7-23-48(46)54-28-17-33-59(66)63(54)67/h4-39H,1-3H3. The van der Waals surface area contributed by atoms with Crippen molar-refractivity contribution in [3.63, 3.8) is 0 Å². The van der Waals surface area contributed by atoms with Crippen LogP contribution in [0.4, 0.5) is 0 Å². The van der Waals surface area contributed by atoms with Gasteiger partial charge in [-0.25, -0.2) is 4.98 Å². The second-order valence-electron chi connectivity index (χ2n) is 19.4. The molecule has 0 N–H and O–H groups in total. The first kappa shape index (κ1) is 40.1. The second kappa shape index (κ2) is 15.3. The van der Waals surface area contributed by atoms with Crippen LogP contribution < -0.4 is 9.30 Å². The Morgan fingerprint density at radius 3 is 1.51 bits per heavy atom. The van der Waals surface area contributed by atoms with Gasteiger partial charge in [-0.3, -0.25) is 18.3 Å². The van der Waals surface area contributed by atoms with E-state index in [1.54, 1.807) is 0 Å². The first-order chi connectivity index (χ1) is 34.4. The van der Waals surface area contributed by atoms with Crippen molar-refractivity contribution >= 4 is 54.6 Å². The van der Waals surface area contributed by atoms with E-state index in [2.05, 4.69) is 258 Å². The maximum absolute atomic E-state index is 6.90. The lowest BCUT2D eigenvalue weighted by Crippen LogP contribution is -2.30. The Bertz CT molecular complexity index is 4220. The van der Waals surface area contributed by atoms with Gasteiger partial charge in [-0.1, -0.05) is 166 Å². The number of hydrogen-bond donors (Lipinski definition) is 0. The molecule has 70 heavy (non-hydrogen) atoms. The Morgan fingerprint density at radius 1 is 0.414 bits per heavy atom. The van der Waals surface area contributed by atoms with Crippen molar-refractivity contribution in [1.29, 1.82) is 0 Å². The maximum Gasteiger partial charge on any atom is 0.269 e. The predicted octanol–water partition coefficient (Wildman–Crippen LogP) is 15.7. The molecule has 1 aliphatic rings. The Labute approximate surface area is 405 Å². The van der Waals surface area contributed by atoms with Crippen LogP contribution in [-0.2, 0) is 5.41 Å². The zero-order chi connectivity index (χ0) is 46.7. The summed E-state index contributed by atoms with van der Waals surface area (Å²) in [5, 5.41) is 4.70. The minimum Gasteiger partial charge on any atom is -0.458 e. The largest absolute Gasteiger partial charge is 0.458 e. The number of fused-ring (bicyclic) bond motifs is 13. The highest BCUT2D eigenvalue weighted by molar-refractivity contribution is 6.10. The van der Waals surface area contributed by atoms with E-state index in [1.165, 1.54) is 38.6 Å². The molecule has 0 saturated heterocycles. The zero-order valence-corrected chi connectivity index (χ0v) is 38.9. The molecular weight excluding hydrogens is 855 g/mol. The molecule has 1 aliphatic heterocycles. The van der Waals surface area contributed by atoms with Gasteiger partial charge in [0.15, 0.2) is 0 Å². The lowest BCUT2D eigenvalue weighted by molar-refractivity contribution is -0.571. The summed E-state index contributed by atoms with van der Waals surface area (Å²) in [5.74, 6) is 3.19. The van der Waals surface area contributed by atoms with Gasteiger partial charge in [0.25, 0.3) is 6.33 Å². The molecule has 6 heteroatoms. The van der Waals surface area contributed by atoms with Crippen molar-refractivity contribution in [1.82, 2.24) is 18.7 Å². The molecule has 0 unspecified atom stereocenters. The number of pyridine rings is 1. The zero-order valence-electron chi connectivity index (χ0n) is 38.9. The molecule has 9 aromatic carbocycles. The van der Waals surface area contributed by atoms with Crippen LogP contribution in [0.15, 0.2) is 218 Å². The fourth-order valence-electron chi connectivity index (χ4n) is 11.0. The van der Waals surface area contributed by atoms with Gasteiger partial charge in [-0.2, -0.15) is 0 Å². The van der Waals surface area contributed by atoms with Crippen molar-refractivity contribution in [3.8, 4) is 67.9 Å². The van der Waals surface area contributed by atoms with Gasteiger partial charge in [-0.05, 0) is 111 Å². The van der Waals surface area contributed by atoms with Gasteiger partial charge >= 0.3 is 0 Å². The molecule has 0 bridgehead atoms. The molecule has 6 nitrogen and oxygen atoms in total. The summed E-state index contributed by atoms with van der Waals surface area (Å²) in [4.78, 5) is 5.57. The number of nitrogens with zero attached hydrogens (tertiary/aromatic N) is 5. The quantitative estimate of drug-likeness (QED) is 0.128. The molecule has 0 saturated carbocycles. The van der Waals surface area contributed by atoms with Crippen LogP contribution in [0.5, 0.6) is 11.5 Å². The minimum atomic E-state index is -0.151. The van der Waals surface area contributed by atoms with E-state index < -0.39 is 0 Å². The van der Waals surface area contributed by atoms with Gasteiger partial charge < -0.3 is 4.74 Å². The molecule has 0 amide bonds. The molecule has 0 fully saturated rings. The summed E-state index contributed by atoms with van der Waals surface area (Å²) in [6.07, 6.45) is 3.83. The van der Waals surface area contributed by atoms with Crippen LogP contribution in [0.25, 0.3) is 111 Å². The number of benzene rings is 9. The first-order valence-electron chi connectivity index (χ1n) is 24.0. The Morgan fingerprint density at radius 2 is 0.886 bits per heavy atom. The number of rotatable bonds is 5. The van der Waals surface area contributed by atoms with Crippen molar-refractivity contribution in [2.45, 2.75) is 26.2 Å². The Balaban J connectivity index is 0.913. The van der Waals surface area contributed by atoms with E-state index in [-0.39, 0.29) is 5.41 Å². The van der Waals surface area contributed by atoms with Crippen LogP contribution >= 0.6 is 0 Å². The average molecular weight is 900 g/mol. The fraction of sp³-hybridized carbons (Fsp3) is 0.0625. The summed E-state index contributed by atoms with van der Waals surface area (Å²) in [6.45, 7) is 6.82. The number of para-hydroxylation sites is 5. The molecule has 13 aromatic rings. The van der Waals surface area contributed by atoms with Crippen molar-refractivity contribution in [2.24, 2.45) is 0 Å². The highest BCUT2D eigenvalue weighted by Crippen LogP contribution is 2.44. The molecule has 14 rings (SSSR count). The van der Waals surface area contributed by atoms with E-state index >= 15 is 0 Å². The first-order valence-corrected chi connectivity index (χ1v) is 24.0. The van der Waals surface area contributed by atoms with Gasteiger partial charge in [-0.15, -0.1) is 0 Å². The molecule has 0 spiro atoms. The maximum atomic E-state index is 6.90. The van der Waals surface area contributed by atoms with Gasteiger partial charge in [0.2, 0.25) is 0 Å². The molecule has 0 atom stereocenters. The minimum absolute atomic E-state index is 0.151. The third-order valence-corrected chi connectivity index (χ3v) is 14.2. The number of hydrogen-bond acceptors (Lipinski definition) is 2.